The maximum Gasteiger partial charge on any atom is 0.240 e. The molecule has 0 aromatic heterocycles. The second kappa shape index (κ2) is 12.8. The van der Waals surface area contributed by atoms with Gasteiger partial charge >= 0.3 is 0 Å². The minimum atomic E-state index is -1.62. The van der Waals surface area contributed by atoms with Crippen LogP contribution in [-0.4, -0.2) is 68.5 Å². The molecule has 0 aliphatic carbocycles. The molecular weight excluding hydrogens is 370 g/mol. The number of aliphatic hydroxyl groups is 4. The predicted octanol–water partition coefficient (Wildman–Crippen LogP) is -0.542. The van der Waals surface area contributed by atoms with Crippen LogP contribution in [0.3, 0.4) is 0 Å². The Kier molecular flexibility index (Phi) is 10.7. The van der Waals surface area contributed by atoms with Gasteiger partial charge in [0.2, 0.25) is 11.8 Å². The average molecular weight is 397 g/mol. The highest BCUT2D eigenvalue weighted by Gasteiger charge is 2.22. The molecule has 1 rings (SSSR count). The fourth-order valence-corrected chi connectivity index (χ4v) is 2.21. The summed E-state index contributed by atoms with van der Waals surface area (Å²) in [7, 11) is 0. The van der Waals surface area contributed by atoms with E-state index < -0.39 is 30.8 Å². The number of hydrogen-bond acceptors (Lipinski definition) is 8. The molecule has 0 unspecified atom stereocenters. The van der Waals surface area contributed by atoms with E-state index in [-0.39, 0.29) is 24.5 Å². The molecule has 0 aliphatic rings. The molecule has 0 spiro atoms. The van der Waals surface area contributed by atoms with Gasteiger partial charge in [-0.2, -0.15) is 5.10 Å². The van der Waals surface area contributed by atoms with Crippen LogP contribution in [0.4, 0.5) is 5.69 Å². The largest absolute Gasteiger partial charge is 0.506 e. The second-order valence-corrected chi connectivity index (χ2v) is 6.17. The van der Waals surface area contributed by atoms with Crippen LogP contribution in [0, 0.1) is 0 Å². The minimum Gasteiger partial charge on any atom is -0.506 e. The summed E-state index contributed by atoms with van der Waals surface area (Å²) in [5.41, 5.74) is 2.52. The standard InChI is InChI=1S/C18H27N3O7/c22-11-15(25)18(28)14(24)10-19-21-17(27)9-3-1-2-8-16(26)20-12-6-4-5-7-13(12)23/h4-7,10,14-15,18,22-25,28H,1-3,8-9,11H2,(H,20,26)(H,21,27)/b19-10+/t14-,15+,18+/m0/s1. The van der Waals surface area contributed by atoms with Crippen LogP contribution in [0.2, 0.25) is 0 Å². The highest BCUT2D eigenvalue weighted by Crippen LogP contribution is 2.21. The van der Waals surface area contributed by atoms with E-state index in [4.69, 9.17) is 10.2 Å². The summed E-state index contributed by atoms with van der Waals surface area (Å²) in [6.07, 6.45) is -1.67. The van der Waals surface area contributed by atoms with Crippen molar-refractivity contribution in [2.45, 2.75) is 50.4 Å². The number of phenols is 1. The number of carbonyl (C=O) groups is 2. The number of unbranched alkanes of at least 4 members (excludes halogenated alkanes) is 2. The Balaban J connectivity index is 2.15. The molecule has 0 saturated heterocycles. The van der Waals surface area contributed by atoms with E-state index in [2.05, 4.69) is 15.8 Å². The Morgan fingerprint density at radius 2 is 1.68 bits per heavy atom. The van der Waals surface area contributed by atoms with Crippen molar-refractivity contribution in [2.75, 3.05) is 11.9 Å². The molecule has 156 valence electrons. The normalized spacial score (nSPS) is 14.4. The molecule has 28 heavy (non-hydrogen) atoms. The van der Waals surface area contributed by atoms with Crippen LogP contribution in [0.5, 0.6) is 5.75 Å². The van der Waals surface area contributed by atoms with E-state index in [0.717, 1.165) is 6.21 Å². The van der Waals surface area contributed by atoms with E-state index in [1.54, 1.807) is 18.2 Å². The topological polar surface area (TPSA) is 172 Å². The Labute approximate surface area is 162 Å². The fraction of sp³-hybridized carbons (Fsp3) is 0.500. The summed E-state index contributed by atoms with van der Waals surface area (Å²) in [6, 6.07) is 6.43. The number of aliphatic hydroxyl groups excluding tert-OH is 4. The zero-order valence-electron chi connectivity index (χ0n) is 15.4. The van der Waals surface area contributed by atoms with Crippen LogP contribution in [-0.2, 0) is 9.59 Å². The van der Waals surface area contributed by atoms with Gasteiger partial charge in [0.05, 0.1) is 18.5 Å². The van der Waals surface area contributed by atoms with Gasteiger partial charge in [-0.15, -0.1) is 0 Å². The Morgan fingerprint density at radius 1 is 1.04 bits per heavy atom. The Hall–Kier alpha value is -2.53. The summed E-state index contributed by atoms with van der Waals surface area (Å²) in [6.45, 7) is -0.719. The van der Waals surface area contributed by atoms with Crippen LogP contribution >= 0.6 is 0 Å². The van der Waals surface area contributed by atoms with Crippen LogP contribution < -0.4 is 10.7 Å². The quantitative estimate of drug-likeness (QED) is 0.107. The van der Waals surface area contributed by atoms with Crippen molar-refractivity contribution >= 4 is 23.7 Å². The molecule has 0 heterocycles. The number of amides is 2. The number of hydrogen-bond donors (Lipinski definition) is 7. The first-order valence-electron chi connectivity index (χ1n) is 8.90. The number of carbonyl (C=O) groups excluding carboxylic acids is 2. The fourth-order valence-electron chi connectivity index (χ4n) is 2.21. The molecule has 10 heteroatoms. The van der Waals surface area contributed by atoms with E-state index in [1.165, 1.54) is 6.07 Å². The van der Waals surface area contributed by atoms with Crippen LogP contribution in [0.1, 0.15) is 32.1 Å². The van der Waals surface area contributed by atoms with Crippen molar-refractivity contribution in [3.63, 3.8) is 0 Å². The van der Waals surface area contributed by atoms with E-state index in [9.17, 15) is 24.9 Å². The third-order valence-corrected chi connectivity index (χ3v) is 3.83. The third kappa shape index (κ3) is 8.91. The van der Waals surface area contributed by atoms with Gasteiger partial charge < -0.3 is 30.8 Å². The SMILES string of the molecule is O=C(CCCCCC(=O)Nc1ccccc1O)N/N=C/[C@H](O)[C@@H](O)[C@H](O)CO. The number of rotatable bonds is 12. The number of aromatic hydroxyl groups is 1. The van der Waals surface area contributed by atoms with Crippen molar-refractivity contribution in [3.8, 4) is 5.75 Å². The highest BCUT2D eigenvalue weighted by atomic mass is 16.4. The van der Waals surface area contributed by atoms with Gasteiger partial charge in [-0.05, 0) is 25.0 Å². The van der Waals surface area contributed by atoms with Gasteiger partial charge in [0.15, 0.2) is 0 Å². The average Bonchev–Trinajstić information content (AvgIpc) is 2.68. The summed E-state index contributed by atoms with van der Waals surface area (Å²) >= 11 is 0. The maximum absolute atomic E-state index is 11.8. The number of nitrogens with one attached hydrogen (secondary N) is 2. The number of phenolic OH excluding ortho intramolecular Hbond substituents is 1. The zero-order valence-corrected chi connectivity index (χ0v) is 15.4. The number of para-hydroxylation sites is 2. The highest BCUT2D eigenvalue weighted by molar-refractivity contribution is 5.92. The van der Waals surface area contributed by atoms with Gasteiger partial charge in [0.25, 0.3) is 0 Å². The lowest BCUT2D eigenvalue weighted by atomic mass is 10.1. The second-order valence-electron chi connectivity index (χ2n) is 6.17. The number of anilines is 1. The first-order valence-corrected chi connectivity index (χ1v) is 8.90. The summed E-state index contributed by atoms with van der Waals surface area (Å²) in [5, 5.41) is 52.3. The molecule has 1 aromatic rings. The molecule has 0 bridgehead atoms. The molecule has 0 saturated carbocycles. The molecule has 7 N–H and O–H groups in total. The lowest BCUT2D eigenvalue weighted by molar-refractivity contribution is -0.121. The number of hydrazone groups is 1. The molecule has 10 nitrogen and oxygen atoms in total. The van der Waals surface area contributed by atoms with Crippen LogP contribution in [0.25, 0.3) is 0 Å². The maximum atomic E-state index is 11.8. The van der Waals surface area contributed by atoms with E-state index in [0.29, 0.717) is 24.9 Å². The van der Waals surface area contributed by atoms with Crippen molar-refractivity contribution in [1.82, 2.24) is 5.43 Å². The molecule has 1 aromatic carbocycles. The molecule has 0 aliphatic heterocycles. The van der Waals surface area contributed by atoms with Gasteiger partial charge in [0.1, 0.15) is 24.1 Å². The van der Waals surface area contributed by atoms with E-state index >= 15 is 0 Å². The monoisotopic (exact) mass is 397 g/mol. The molecular formula is C18H27N3O7. The van der Waals surface area contributed by atoms with E-state index in [1.807, 2.05) is 0 Å². The number of nitrogens with zero attached hydrogens (tertiary/aromatic N) is 1. The van der Waals surface area contributed by atoms with Gasteiger partial charge in [-0.3, -0.25) is 9.59 Å². The van der Waals surface area contributed by atoms with Crippen molar-refractivity contribution < 1.29 is 35.1 Å². The molecule has 2 amide bonds. The summed E-state index contributed by atoms with van der Waals surface area (Å²) in [5.74, 6) is -0.635. The molecule has 0 fully saturated rings. The smallest absolute Gasteiger partial charge is 0.240 e. The van der Waals surface area contributed by atoms with Crippen molar-refractivity contribution in [3.05, 3.63) is 24.3 Å². The Morgan fingerprint density at radius 3 is 2.32 bits per heavy atom. The lowest BCUT2D eigenvalue weighted by Gasteiger charge is -2.17. The van der Waals surface area contributed by atoms with Gasteiger partial charge in [0, 0.05) is 12.8 Å². The minimum absolute atomic E-state index is 0.00316. The first kappa shape index (κ1) is 23.5. The lowest BCUT2D eigenvalue weighted by Crippen LogP contribution is -2.40. The molecule has 3 atom stereocenters. The Bertz CT molecular complexity index is 654. The first-order chi connectivity index (χ1) is 13.3. The van der Waals surface area contributed by atoms with Crippen molar-refractivity contribution in [1.29, 1.82) is 0 Å². The molecule has 0 radical (unpaired) electrons. The third-order valence-electron chi connectivity index (χ3n) is 3.83. The summed E-state index contributed by atoms with van der Waals surface area (Å²) in [4.78, 5) is 23.4. The predicted molar refractivity (Wildman–Crippen MR) is 102 cm³/mol. The van der Waals surface area contributed by atoms with Crippen LogP contribution in [0.15, 0.2) is 29.4 Å². The van der Waals surface area contributed by atoms with Crippen molar-refractivity contribution in [2.24, 2.45) is 5.10 Å². The number of benzene rings is 1. The van der Waals surface area contributed by atoms with Gasteiger partial charge in [-0.25, -0.2) is 5.43 Å². The zero-order chi connectivity index (χ0) is 20.9. The summed E-state index contributed by atoms with van der Waals surface area (Å²) < 4.78 is 0. The van der Waals surface area contributed by atoms with Gasteiger partial charge in [-0.1, -0.05) is 18.6 Å².